The van der Waals surface area contributed by atoms with E-state index in [9.17, 15) is 14.9 Å². The number of nitro groups is 1. The molecule has 0 radical (unpaired) electrons. The molecule has 2 aromatic carbocycles. The molecule has 21 heavy (non-hydrogen) atoms. The number of nitrogens with zero attached hydrogens (tertiary/aromatic N) is 2. The van der Waals surface area contributed by atoms with Crippen LogP contribution in [-0.4, -0.2) is 18.3 Å². The number of hydrogen-bond acceptors (Lipinski definition) is 4. The summed E-state index contributed by atoms with van der Waals surface area (Å²) < 4.78 is 0. The van der Waals surface area contributed by atoms with Gasteiger partial charge in [0, 0.05) is 24.5 Å². The molecule has 0 aromatic heterocycles. The van der Waals surface area contributed by atoms with Crippen molar-refractivity contribution in [3.05, 3.63) is 63.2 Å². The summed E-state index contributed by atoms with van der Waals surface area (Å²) in [7, 11) is 1.87. The third-order valence-electron chi connectivity index (χ3n) is 3.44. The average Bonchev–Trinajstić information content (AvgIpc) is 2.45. The van der Waals surface area contributed by atoms with E-state index >= 15 is 0 Å². The minimum absolute atomic E-state index is 0.0779. The van der Waals surface area contributed by atoms with Gasteiger partial charge in [-0.1, -0.05) is 17.7 Å². The molecule has 0 bridgehead atoms. The van der Waals surface area contributed by atoms with Gasteiger partial charge in [-0.15, -0.1) is 0 Å². The molecule has 2 rings (SSSR count). The monoisotopic (exact) mass is 284 g/mol. The van der Waals surface area contributed by atoms with E-state index in [4.69, 9.17) is 0 Å². The maximum atomic E-state index is 11.0. The van der Waals surface area contributed by atoms with Crippen molar-refractivity contribution in [3.63, 3.8) is 0 Å². The standard InChI is InChI=1S/C16H16N2O3/c1-11-4-6-15(12(2)8-11)17(3)14-5-7-16(18(20)21)13(9-14)10-19/h4-10H,1-3H3. The molecule has 0 saturated heterocycles. The minimum Gasteiger partial charge on any atom is -0.344 e. The van der Waals surface area contributed by atoms with Gasteiger partial charge in [-0.05, 0) is 37.6 Å². The van der Waals surface area contributed by atoms with Crippen LogP contribution >= 0.6 is 0 Å². The van der Waals surface area contributed by atoms with E-state index < -0.39 is 4.92 Å². The Kier molecular flexibility index (Phi) is 4.03. The molecule has 0 aliphatic rings. The Morgan fingerprint density at radius 2 is 1.86 bits per heavy atom. The summed E-state index contributed by atoms with van der Waals surface area (Å²) in [5.41, 5.74) is 3.89. The van der Waals surface area contributed by atoms with E-state index in [2.05, 4.69) is 6.07 Å². The van der Waals surface area contributed by atoms with Crippen molar-refractivity contribution < 1.29 is 9.72 Å². The Balaban J connectivity index is 2.46. The van der Waals surface area contributed by atoms with Crippen molar-refractivity contribution in [1.82, 2.24) is 0 Å². The molecular formula is C16H16N2O3. The van der Waals surface area contributed by atoms with E-state index in [1.807, 2.05) is 37.9 Å². The Labute approximate surface area is 123 Å². The predicted octanol–water partition coefficient (Wildman–Crippen LogP) is 3.79. The van der Waals surface area contributed by atoms with Crippen LogP contribution in [0.4, 0.5) is 17.1 Å². The van der Waals surface area contributed by atoms with Crippen molar-refractivity contribution in [1.29, 1.82) is 0 Å². The first-order chi connectivity index (χ1) is 9.93. The van der Waals surface area contributed by atoms with Gasteiger partial charge in [0.05, 0.1) is 10.5 Å². The molecule has 0 heterocycles. The second-order valence-electron chi connectivity index (χ2n) is 4.97. The summed E-state index contributed by atoms with van der Waals surface area (Å²) in [6.45, 7) is 4.03. The third kappa shape index (κ3) is 2.91. The molecule has 0 spiro atoms. The molecule has 108 valence electrons. The predicted molar refractivity (Wildman–Crippen MR) is 82.5 cm³/mol. The van der Waals surface area contributed by atoms with Crippen molar-refractivity contribution >= 4 is 23.3 Å². The Morgan fingerprint density at radius 1 is 1.14 bits per heavy atom. The third-order valence-corrected chi connectivity index (χ3v) is 3.44. The first-order valence-electron chi connectivity index (χ1n) is 6.48. The molecule has 0 aliphatic carbocycles. The number of benzene rings is 2. The van der Waals surface area contributed by atoms with Gasteiger partial charge in [-0.3, -0.25) is 14.9 Å². The average molecular weight is 284 g/mol. The van der Waals surface area contributed by atoms with Gasteiger partial charge in [-0.25, -0.2) is 0 Å². The number of carbonyl (C=O) groups is 1. The highest BCUT2D eigenvalue weighted by Gasteiger charge is 2.16. The molecule has 2 aromatic rings. The lowest BCUT2D eigenvalue weighted by Gasteiger charge is -2.22. The van der Waals surface area contributed by atoms with E-state index in [-0.39, 0.29) is 11.3 Å². The molecule has 0 unspecified atom stereocenters. The van der Waals surface area contributed by atoms with E-state index in [1.54, 1.807) is 6.07 Å². The molecule has 5 nitrogen and oxygen atoms in total. The van der Waals surface area contributed by atoms with E-state index in [0.29, 0.717) is 6.29 Å². The lowest BCUT2D eigenvalue weighted by Crippen LogP contribution is -2.11. The van der Waals surface area contributed by atoms with E-state index in [1.165, 1.54) is 17.7 Å². The topological polar surface area (TPSA) is 63.4 Å². The van der Waals surface area contributed by atoms with Crippen LogP contribution in [0.1, 0.15) is 21.5 Å². The summed E-state index contributed by atoms with van der Waals surface area (Å²) in [5.74, 6) is 0. The maximum absolute atomic E-state index is 11.0. The zero-order valence-electron chi connectivity index (χ0n) is 12.2. The normalized spacial score (nSPS) is 10.2. The largest absolute Gasteiger partial charge is 0.344 e. The number of aldehydes is 1. The van der Waals surface area contributed by atoms with Crippen LogP contribution < -0.4 is 4.90 Å². The SMILES string of the molecule is Cc1ccc(N(C)c2ccc([N+](=O)[O-])c(C=O)c2)c(C)c1. The van der Waals surface area contributed by atoms with Crippen LogP contribution in [0, 0.1) is 24.0 Å². The van der Waals surface area contributed by atoms with Crippen molar-refractivity contribution in [2.24, 2.45) is 0 Å². The van der Waals surface area contributed by atoms with Gasteiger partial charge in [0.1, 0.15) is 0 Å². The summed E-state index contributed by atoms with van der Waals surface area (Å²) in [4.78, 5) is 23.2. The second kappa shape index (κ2) is 5.75. The first kappa shape index (κ1) is 14.7. The highest BCUT2D eigenvalue weighted by molar-refractivity contribution is 5.84. The van der Waals surface area contributed by atoms with Crippen LogP contribution in [0.15, 0.2) is 36.4 Å². The number of hydrogen-bond donors (Lipinski definition) is 0. The summed E-state index contributed by atoms with van der Waals surface area (Å²) in [5, 5.41) is 10.9. The van der Waals surface area contributed by atoms with Gasteiger partial charge >= 0.3 is 0 Å². The highest BCUT2D eigenvalue weighted by atomic mass is 16.6. The van der Waals surface area contributed by atoms with Crippen LogP contribution in [0.3, 0.4) is 0 Å². The molecule has 0 aliphatic heterocycles. The number of aryl methyl sites for hydroxylation is 2. The summed E-state index contributed by atoms with van der Waals surface area (Å²) >= 11 is 0. The molecule has 0 N–H and O–H groups in total. The van der Waals surface area contributed by atoms with Gasteiger partial charge in [0.15, 0.2) is 6.29 Å². The molecule has 5 heteroatoms. The Morgan fingerprint density at radius 3 is 2.43 bits per heavy atom. The van der Waals surface area contributed by atoms with E-state index in [0.717, 1.165) is 16.9 Å². The number of anilines is 2. The first-order valence-corrected chi connectivity index (χ1v) is 6.48. The fraction of sp³-hybridized carbons (Fsp3) is 0.188. The van der Waals surface area contributed by atoms with Gasteiger partial charge < -0.3 is 4.90 Å². The van der Waals surface area contributed by atoms with Crippen LogP contribution in [-0.2, 0) is 0 Å². The molecule has 0 amide bonds. The minimum atomic E-state index is -0.551. The van der Waals surface area contributed by atoms with Crippen molar-refractivity contribution in [3.8, 4) is 0 Å². The van der Waals surface area contributed by atoms with Gasteiger partial charge in [-0.2, -0.15) is 0 Å². The summed E-state index contributed by atoms with van der Waals surface area (Å²) in [6, 6.07) is 10.6. The van der Waals surface area contributed by atoms with Crippen LogP contribution in [0.25, 0.3) is 0 Å². The summed E-state index contributed by atoms with van der Waals surface area (Å²) in [6.07, 6.45) is 0.511. The van der Waals surface area contributed by atoms with Crippen LogP contribution in [0.2, 0.25) is 0 Å². The fourth-order valence-electron chi connectivity index (χ4n) is 2.33. The lowest BCUT2D eigenvalue weighted by atomic mass is 10.1. The van der Waals surface area contributed by atoms with Crippen LogP contribution in [0.5, 0.6) is 0 Å². The van der Waals surface area contributed by atoms with Crippen molar-refractivity contribution in [2.45, 2.75) is 13.8 Å². The van der Waals surface area contributed by atoms with Gasteiger partial charge in [0.2, 0.25) is 0 Å². The maximum Gasteiger partial charge on any atom is 0.280 e. The molecular weight excluding hydrogens is 268 g/mol. The molecule has 0 saturated carbocycles. The van der Waals surface area contributed by atoms with Gasteiger partial charge in [0.25, 0.3) is 5.69 Å². The zero-order valence-corrected chi connectivity index (χ0v) is 12.2. The number of carbonyl (C=O) groups excluding carboxylic acids is 1. The molecule has 0 atom stereocenters. The quantitative estimate of drug-likeness (QED) is 0.487. The fourth-order valence-corrected chi connectivity index (χ4v) is 2.33. The smallest absolute Gasteiger partial charge is 0.280 e. The van der Waals surface area contributed by atoms with Crippen molar-refractivity contribution in [2.75, 3.05) is 11.9 Å². The number of nitro benzene ring substituents is 1. The second-order valence-corrected chi connectivity index (χ2v) is 4.97. The Bertz CT molecular complexity index is 711. The lowest BCUT2D eigenvalue weighted by molar-refractivity contribution is -0.385. The Hall–Kier alpha value is -2.69. The molecule has 0 fully saturated rings. The zero-order chi connectivity index (χ0) is 15.6. The highest BCUT2D eigenvalue weighted by Crippen LogP contribution is 2.30. The number of rotatable bonds is 4.